The second-order valence-corrected chi connectivity index (χ2v) is 9.23. The van der Waals surface area contributed by atoms with Crippen molar-refractivity contribution >= 4 is 11.3 Å². The van der Waals surface area contributed by atoms with Gasteiger partial charge in [0.15, 0.2) is 5.79 Å². The summed E-state index contributed by atoms with van der Waals surface area (Å²) in [6.45, 7) is 9.91. The van der Waals surface area contributed by atoms with Crippen molar-refractivity contribution in [1.82, 2.24) is 0 Å². The Morgan fingerprint density at radius 3 is 2.37 bits per heavy atom. The van der Waals surface area contributed by atoms with Gasteiger partial charge in [-0.2, -0.15) is 0 Å². The molecule has 2 aromatic carbocycles. The number of aliphatic hydroxyl groups excluding tert-OH is 2. The van der Waals surface area contributed by atoms with Crippen LogP contribution in [0, 0.1) is 12.7 Å². The summed E-state index contributed by atoms with van der Waals surface area (Å²) in [6.07, 6.45) is 0.380. The van der Waals surface area contributed by atoms with E-state index < -0.39 is 18.0 Å². The molecule has 4 rings (SSSR count). The Bertz CT molecular complexity index is 1030. The van der Waals surface area contributed by atoms with E-state index in [9.17, 15) is 14.6 Å². The predicted molar refractivity (Wildman–Crippen MR) is 142 cm³/mol. The Morgan fingerprint density at radius 2 is 1.74 bits per heavy atom. The van der Waals surface area contributed by atoms with Gasteiger partial charge in [-0.05, 0) is 53.9 Å². The number of methoxy groups -OCH3 is 1. The maximum atomic E-state index is 13.2. The van der Waals surface area contributed by atoms with Crippen LogP contribution in [0.1, 0.15) is 62.1 Å². The standard InChI is InChI=1S/C25H27FO4S.2C2H6/c1-16-3-6-19(25(29-2)14-21(28)13-22(15-27)30-25)11-18(16)12-23-9-10-24(31-23)17-4-7-20(26)8-5-17;2*1-2/h3-11,21-22,27-28H,12-15H2,1-2H3;2*1-2H3. The fourth-order valence-corrected chi connectivity index (χ4v) is 5.17. The lowest BCUT2D eigenvalue weighted by Gasteiger charge is -2.42. The monoisotopic (exact) mass is 502 g/mol. The highest BCUT2D eigenvalue weighted by Crippen LogP contribution is 2.39. The van der Waals surface area contributed by atoms with Gasteiger partial charge < -0.3 is 19.7 Å². The molecule has 1 fully saturated rings. The summed E-state index contributed by atoms with van der Waals surface area (Å²) in [4.78, 5) is 2.30. The number of aryl methyl sites for hydroxylation is 1. The SMILES string of the molecule is CC.CC.COC1(c2ccc(C)c(Cc3ccc(-c4ccc(F)cc4)s3)c2)CC(O)CC(CO)O1. The third kappa shape index (κ3) is 7.21. The van der Waals surface area contributed by atoms with Crippen LogP contribution in [0.5, 0.6) is 0 Å². The summed E-state index contributed by atoms with van der Waals surface area (Å²) in [5.41, 5.74) is 4.14. The fraction of sp³-hybridized carbons (Fsp3) is 0.448. The average molecular weight is 503 g/mol. The maximum Gasteiger partial charge on any atom is 0.197 e. The Kier molecular flexibility index (Phi) is 11.5. The first kappa shape index (κ1) is 29.1. The molecule has 2 N–H and O–H groups in total. The van der Waals surface area contributed by atoms with Crippen molar-refractivity contribution in [3.8, 4) is 10.4 Å². The van der Waals surface area contributed by atoms with Gasteiger partial charge in [-0.25, -0.2) is 4.39 Å². The lowest BCUT2D eigenvalue weighted by Crippen LogP contribution is -2.46. The van der Waals surface area contributed by atoms with Crippen LogP contribution in [0.3, 0.4) is 0 Å². The molecule has 4 nitrogen and oxygen atoms in total. The minimum absolute atomic E-state index is 0.164. The van der Waals surface area contributed by atoms with Crippen LogP contribution in [0.4, 0.5) is 4.39 Å². The number of hydrogen-bond acceptors (Lipinski definition) is 5. The van der Waals surface area contributed by atoms with Crippen molar-refractivity contribution in [2.75, 3.05) is 13.7 Å². The van der Waals surface area contributed by atoms with E-state index in [-0.39, 0.29) is 12.4 Å². The molecule has 3 atom stereocenters. The molecule has 192 valence electrons. The molecule has 0 bridgehead atoms. The first-order valence-corrected chi connectivity index (χ1v) is 13.2. The molecule has 3 aromatic rings. The minimum Gasteiger partial charge on any atom is -0.394 e. The van der Waals surface area contributed by atoms with E-state index in [1.54, 1.807) is 30.6 Å². The van der Waals surface area contributed by atoms with E-state index in [4.69, 9.17) is 9.47 Å². The number of thiophene rings is 1. The molecule has 0 saturated carbocycles. The van der Waals surface area contributed by atoms with Gasteiger partial charge in [-0.15, -0.1) is 11.3 Å². The Labute approximate surface area is 213 Å². The number of hydrogen-bond donors (Lipinski definition) is 2. The van der Waals surface area contributed by atoms with Gasteiger partial charge in [0.1, 0.15) is 5.82 Å². The zero-order valence-corrected chi connectivity index (χ0v) is 22.5. The van der Waals surface area contributed by atoms with Gasteiger partial charge >= 0.3 is 0 Å². The van der Waals surface area contributed by atoms with E-state index in [1.807, 2.05) is 39.8 Å². The first-order valence-electron chi connectivity index (χ1n) is 12.4. The van der Waals surface area contributed by atoms with E-state index in [2.05, 4.69) is 25.1 Å². The topological polar surface area (TPSA) is 58.9 Å². The summed E-state index contributed by atoms with van der Waals surface area (Å²) < 4.78 is 25.1. The average Bonchev–Trinajstić information content (AvgIpc) is 3.36. The smallest absolute Gasteiger partial charge is 0.197 e. The Balaban J connectivity index is 0.00000103. The van der Waals surface area contributed by atoms with Gasteiger partial charge in [0, 0.05) is 41.7 Å². The molecule has 0 spiro atoms. The van der Waals surface area contributed by atoms with Crippen LogP contribution < -0.4 is 0 Å². The van der Waals surface area contributed by atoms with Crippen LogP contribution in [-0.2, 0) is 21.7 Å². The molecule has 1 saturated heterocycles. The third-order valence-electron chi connectivity index (χ3n) is 5.87. The molecule has 3 unspecified atom stereocenters. The molecule has 0 radical (unpaired) electrons. The summed E-state index contributed by atoms with van der Waals surface area (Å²) in [6, 6.07) is 16.8. The summed E-state index contributed by atoms with van der Waals surface area (Å²) in [5.74, 6) is -1.32. The number of ether oxygens (including phenoxy) is 2. The quantitative estimate of drug-likeness (QED) is 0.388. The van der Waals surface area contributed by atoms with Crippen molar-refractivity contribution in [3.05, 3.63) is 82.0 Å². The van der Waals surface area contributed by atoms with Gasteiger partial charge in [-0.3, -0.25) is 0 Å². The molecule has 1 aliphatic rings. The molecule has 2 heterocycles. The fourth-order valence-electron chi connectivity index (χ4n) is 4.14. The largest absolute Gasteiger partial charge is 0.394 e. The van der Waals surface area contributed by atoms with Crippen LogP contribution in [0.2, 0.25) is 0 Å². The van der Waals surface area contributed by atoms with Gasteiger partial charge in [0.25, 0.3) is 0 Å². The molecule has 1 aliphatic heterocycles. The van der Waals surface area contributed by atoms with E-state index in [1.165, 1.54) is 17.0 Å². The Hall–Kier alpha value is -2.09. The second kappa shape index (κ2) is 13.9. The molecule has 0 aliphatic carbocycles. The Morgan fingerprint density at radius 1 is 1.06 bits per heavy atom. The first-order chi connectivity index (χ1) is 16.9. The molecule has 35 heavy (non-hydrogen) atoms. The van der Waals surface area contributed by atoms with E-state index in [0.29, 0.717) is 12.8 Å². The highest BCUT2D eigenvalue weighted by atomic mass is 32.1. The van der Waals surface area contributed by atoms with Gasteiger partial charge in [0.05, 0.1) is 18.8 Å². The van der Waals surface area contributed by atoms with E-state index in [0.717, 1.165) is 33.6 Å². The van der Waals surface area contributed by atoms with Crippen LogP contribution >= 0.6 is 11.3 Å². The highest BCUT2D eigenvalue weighted by Gasteiger charge is 2.43. The van der Waals surface area contributed by atoms with Crippen molar-refractivity contribution in [1.29, 1.82) is 0 Å². The normalized spacial score (nSPS) is 21.4. The van der Waals surface area contributed by atoms with Gasteiger partial charge in [-0.1, -0.05) is 52.0 Å². The number of benzene rings is 2. The van der Waals surface area contributed by atoms with Crippen LogP contribution in [-0.4, -0.2) is 36.1 Å². The highest BCUT2D eigenvalue weighted by molar-refractivity contribution is 7.15. The van der Waals surface area contributed by atoms with Crippen LogP contribution in [0.15, 0.2) is 54.6 Å². The van der Waals surface area contributed by atoms with Crippen molar-refractivity contribution in [2.24, 2.45) is 0 Å². The van der Waals surface area contributed by atoms with Crippen LogP contribution in [0.25, 0.3) is 10.4 Å². The lowest BCUT2D eigenvalue weighted by molar-refractivity contribution is -0.298. The number of rotatable bonds is 6. The molecular formula is C29H39FO4S. The molecular weight excluding hydrogens is 463 g/mol. The van der Waals surface area contributed by atoms with Gasteiger partial charge in [0.2, 0.25) is 0 Å². The molecule has 0 amide bonds. The van der Waals surface area contributed by atoms with E-state index >= 15 is 0 Å². The predicted octanol–water partition coefficient (Wildman–Crippen LogP) is 6.84. The zero-order chi connectivity index (χ0) is 26.0. The minimum atomic E-state index is -1.08. The third-order valence-corrected chi connectivity index (χ3v) is 7.01. The summed E-state index contributed by atoms with van der Waals surface area (Å²) in [7, 11) is 1.57. The number of aliphatic hydroxyl groups is 2. The van der Waals surface area contributed by atoms with Crippen molar-refractivity contribution in [2.45, 2.75) is 71.9 Å². The lowest BCUT2D eigenvalue weighted by atomic mass is 9.90. The van der Waals surface area contributed by atoms with Crippen molar-refractivity contribution < 1.29 is 24.1 Å². The molecule has 1 aromatic heterocycles. The zero-order valence-electron chi connectivity index (χ0n) is 21.7. The summed E-state index contributed by atoms with van der Waals surface area (Å²) >= 11 is 1.69. The summed E-state index contributed by atoms with van der Waals surface area (Å²) in [5, 5.41) is 19.9. The van der Waals surface area contributed by atoms with Crippen molar-refractivity contribution in [3.63, 3.8) is 0 Å². The maximum absolute atomic E-state index is 13.2. The number of halogens is 1. The molecule has 6 heteroatoms. The second-order valence-electron chi connectivity index (χ2n) is 8.06.